The molecule has 1 amide bonds. The van der Waals surface area contributed by atoms with E-state index in [1.807, 2.05) is 19.1 Å². The number of nitrogens with one attached hydrogen (secondary N) is 1. The van der Waals surface area contributed by atoms with Crippen LogP contribution >= 0.6 is 11.3 Å². The van der Waals surface area contributed by atoms with Gasteiger partial charge in [0.05, 0.1) is 12.8 Å². The van der Waals surface area contributed by atoms with Crippen LogP contribution in [-0.4, -0.2) is 37.6 Å². The minimum atomic E-state index is -0.0803. The van der Waals surface area contributed by atoms with Gasteiger partial charge in [0, 0.05) is 37.0 Å². The molecule has 24 heavy (non-hydrogen) atoms. The first kappa shape index (κ1) is 16.8. The molecule has 2 aromatic rings. The second-order valence-corrected chi connectivity index (χ2v) is 6.84. The number of hydrogen-bond donors (Lipinski definition) is 1. The lowest BCUT2D eigenvalue weighted by molar-refractivity contribution is 0.0953. The monoisotopic (exact) mass is 345 g/mol. The molecule has 0 saturated carbocycles. The standard InChI is InChI=1S/C18H23N3O2S/c1-13-5-6-14(11-16(13)23-2)17(22)19-8-7-15-12-24-18(20-15)21-9-3-4-10-21/h5-6,11-12H,3-4,7-10H2,1-2H3,(H,19,22). The maximum atomic E-state index is 12.2. The third-order valence-corrected chi connectivity index (χ3v) is 5.20. The summed E-state index contributed by atoms with van der Waals surface area (Å²) >= 11 is 1.69. The first-order valence-corrected chi connectivity index (χ1v) is 9.17. The highest BCUT2D eigenvalue weighted by Gasteiger charge is 2.15. The zero-order valence-electron chi connectivity index (χ0n) is 14.2. The van der Waals surface area contributed by atoms with Crippen molar-refractivity contribution in [2.75, 3.05) is 31.6 Å². The van der Waals surface area contributed by atoms with Crippen molar-refractivity contribution < 1.29 is 9.53 Å². The van der Waals surface area contributed by atoms with Gasteiger partial charge in [-0.15, -0.1) is 11.3 Å². The van der Waals surface area contributed by atoms with Gasteiger partial charge in [0.2, 0.25) is 0 Å². The van der Waals surface area contributed by atoms with Gasteiger partial charge >= 0.3 is 0 Å². The number of rotatable bonds is 6. The van der Waals surface area contributed by atoms with Crippen molar-refractivity contribution in [3.8, 4) is 5.75 Å². The molecular weight excluding hydrogens is 322 g/mol. The molecule has 128 valence electrons. The number of aryl methyl sites for hydroxylation is 1. The lowest BCUT2D eigenvalue weighted by Gasteiger charge is -2.12. The molecule has 0 aliphatic carbocycles. The molecule has 1 N–H and O–H groups in total. The maximum Gasteiger partial charge on any atom is 0.251 e. The Morgan fingerprint density at radius 3 is 2.92 bits per heavy atom. The van der Waals surface area contributed by atoms with Gasteiger partial charge in [0.25, 0.3) is 5.91 Å². The van der Waals surface area contributed by atoms with E-state index in [-0.39, 0.29) is 5.91 Å². The number of nitrogens with zero attached hydrogens (tertiary/aromatic N) is 2. The summed E-state index contributed by atoms with van der Waals surface area (Å²) in [5, 5.41) is 6.15. The van der Waals surface area contributed by atoms with Crippen LogP contribution in [0.1, 0.15) is 34.5 Å². The van der Waals surface area contributed by atoms with Crippen LogP contribution in [0, 0.1) is 6.92 Å². The second-order valence-electron chi connectivity index (χ2n) is 6.01. The fourth-order valence-electron chi connectivity index (χ4n) is 2.83. The van der Waals surface area contributed by atoms with Crippen LogP contribution in [0.2, 0.25) is 0 Å². The number of methoxy groups -OCH3 is 1. The molecule has 0 unspecified atom stereocenters. The van der Waals surface area contributed by atoms with Gasteiger partial charge in [0.1, 0.15) is 5.75 Å². The molecule has 3 rings (SSSR count). The summed E-state index contributed by atoms with van der Waals surface area (Å²) in [6.07, 6.45) is 3.26. The predicted octanol–water partition coefficient (Wildman–Crippen LogP) is 3.03. The molecular formula is C18H23N3O2S. The van der Waals surface area contributed by atoms with E-state index in [0.717, 1.165) is 41.6 Å². The average molecular weight is 345 g/mol. The van der Waals surface area contributed by atoms with Crippen molar-refractivity contribution in [2.24, 2.45) is 0 Å². The van der Waals surface area contributed by atoms with Gasteiger partial charge in [-0.1, -0.05) is 6.07 Å². The minimum Gasteiger partial charge on any atom is -0.496 e. The van der Waals surface area contributed by atoms with Crippen LogP contribution in [0.5, 0.6) is 5.75 Å². The highest BCUT2D eigenvalue weighted by molar-refractivity contribution is 7.13. The summed E-state index contributed by atoms with van der Waals surface area (Å²) in [7, 11) is 1.62. The number of anilines is 1. The van der Waals surface area contributed by atoms with Crippen molar-refractivity contribution in [3.63, 3.8) is 0 Å². The van der Waals surface area contributed by atoms with Gasteiger partial charge in [-0.25, -0.2) is 4.98 Å². The summed E-state index contributed by atoms with van der Waals surface area (Å²) in [6, 6.07) is 5.50. The van der Waals surface area contributed by atoms with Crippen LogP contribution in [0.15, 0.2) is 23.6 Å². The molecule has 0 radical (unpaired) electrons. The van der Waals surface area contributed by atoms with Gasteiger partial charge in [-0.3, -0.25) is 4.79 Å². The third-order valence-electron chi connectivity index (χ3n) is 4.25. The zero-order chi connectivity index (χ0) is 16.9. The SMILES string of the molecule is COc1cc(C(=O)NCCc2csc(N3CCCC3)n2)ccc1C. The van der Waals surface area contributed by atoms with E-state index >= 15 is 0 Å². The van der Waals surface area contributed by atoms with Crippen LogP contribution in [0.3, 0.4) is 0 Å². The molecule has 1 aromatic carbocycles. The van der Waals surface area contributed by atoms with E-state index in [1.165, 1.54) is 12.8 Å². The summed E-state index contributed by atoms with van der Waals surface area (Å²) in [5.74, 6) is 0.653. The first-order valence-electron chi connectivity index (χ1n) is 8.29. The smallest absolute Gasteiger partial charge is 0.251 e. The van der Waals surface area contributed by atoms with Crippen LogP contribution in [0.4, 0.5) is 5.13 Å². The van der Waals surface area contributed by atoms with Crippen molar-refractivity contribution >= 4 is 22.4 Å². The largest absolute Gasteiger partial charge is 0.496 e. The van der Waals surface area contributed by atoms with Crippen molar-refractivity contribution in [1.29, 1.82) is 0 Å². The Morgan fingerprint density at radius 1 is 1.38 bits per heavy atom. The maximum absolute atomic E-state index is 12.2. The van der Waals surface area contributed by atoms with Crippen LogP contribution in [-0.2, 0) is 6.42 Å². The molecule has 2 heterocycles. The molecule has 1 fully saturated rings. The number of ether oxygens (including phenoxy) is 1. The number of hydrogen-bond acceptors (Lipinski definition) is 5. The molecule has 0 spiro atoms. The van der Waals surface area contributed by atoms with Crippen LogP contribution < -0.4 is 15.0 Å². The molecule has 0 atom stereocenters. The zero-order valence-corrected chi connectivity index (χ0v) is 15.0. The van der Waals surface area contributed by atoms with Crippen LogP contribution in [0.25, 0.3) is 0 Å². The van der Waals surface area contributed by atoms with E-state index in [4.69, 9.17) is 4.74 Å². The Bertz CT molecular complexity index is 708. The molecule has 6 heteroatoms. The Labute approximate surface area is 146 Å². The normalized spacial score (nSPS) is 14.0. The minimum absolute atomic E-state index is 0.0803. The number of thiazole rings is 1. The van der Waals surface area contributed by atoms with E-state index < -0.39 is 0 Å². The topological polar surface area (TPSA) is 54.5 Å². The van der Waals surface area contributed by atoms with E-state index in [1.54, 1.807) is 24.5 Å². The van der Waals surface area contributed by atoms with Gasteiger partial charge in [-0.05, 0) is 37.5 Å². The van der Waals surface area contributed by atoms with Crippen molar-refractivity contribution in [1.82, 2.24) is 10.3 Å². The second kappa shape index (κ2) is 7.66. The lowest BCUT2D eigenvalue weighted by Crippen LogP contribution is -2.25. The van der Waals surface area contributed by atoms with Crippen molar-refractivity contribution in [3.05, 3.63) is 40.4 Å². The van der Waals surface area contributed by atoms with Crippen molar-refractivity contribution in [2.45, 2.75) is 26.2 Å². The van der Waals surface area contributed by atoms with Gasteiger partial charge in [-0.2, -0.15) is 0 Å². The van der Waals surface area contributed by atoms with E-state index in [0.29, 0.717) is 12.1 Å². The Balaban J connectivity index is 1.51. The Morgan fingerprint density at radius 2 is 2.17 bits per heavy atom. The third kappa shape index (κ3) is 3.87. The van der Waals surface area contributed by atoms with E-state index in [9.17, 15) is 4.79 Å². The molecule has 1 aromatic heterocycles. The van der Waals surface area contributed by atoms with Gasteiger partial charge in [0.15, 0.2) is 5.13 Å². The molecule has 1 saturated heterocycles. The van der Waals surface area contributed by atoms with Gasteiger partial charge < -0.3 is 15.0 Å². The van der Waals surface area contributed by atoms with E-state index in [2.05, 4.69) is 20.6 Å². The summed E-state index contributed by atoms with van der Waals surface area (Å²) < 4.78 is 5.27. The summed E-state index contributed by atoms with van der Waals surface area (Å²) in [5.41, 5.74) is 2.68. The molecule has 1 aliphatic heterocycles. The number of amides is 1. The molecule has 5 nitrogen and oxygen atoms in total. The number of aromatic nitrogens is 1. The Hall–Kier alpha value is -2.08. The summed E-state index contributed by atoms with van der Waals surface area (Å²) in [6.45, 7) is 4.76. The summed E-state index contributed by atoms with van der Waals surface area (Å²) in [4.78, 5) is 19.2. The molecule has 0 bridgehead atoms. The number of carbonyl (C=O) groups excluding carboxylic acids is 1. The first-order chi connectivity index (χ1) is 11.7. The highest BCUT2D eigenvalue weighted by atomic mass is 32.1. The fourth-order valence-corrected chi connectivity index (χ4v) is 3.75. The predicted molar refractivity (Wildman–Crippen MR) is 97.3 cm³/mol. The number of carbonyl (C=O) groups is 1. The highest BCUT2D eigenvalue weighted by Crippen LogP contribution is 2.24. The molecule has 1 aliphatic rings. The quantitative estimate of drug-likeness (QED) is 0.874. The fraction of sp³-hybridized carbons (Fsp3) is 0.444. The average Bonchev–Trinajstić information content (AvgIpc) is 3.26. The lowest BCUT2D eigenvalue weighted by atomic mass is 10.1. The Kier molecular flexibility index (Phi) is 5.35. The number of benzene rings is 1.